The largest absolute Gasteiger partial charge is 0.395 e. The van der Waals surface area contributed by atoms with Crippen LogP contribution in [0.2, 0.25) is 0 Å². The van der Waals surface area contributed by atoms with E-state index in [4.69, 9.17) is 0 Å². The molecule has 3 rings (SSSR count). The molecule has 0 aliphatic rings. The van der Waals surface area contributed by atoms with Crippen LogP contribution >= 0.6 is 0 Å². The summed E-state index contributed by atoms with van der Waals surface area (Å²) in [5.41, 5.74) is 2.02. The van der Waals surface area contributed by atoms with Crippen LogP contribution in [-0.4, -0.2) is 59.0 Å². The van der Waals surface area contributed by atoms with Crippen molar-refractivity contribution in [3.63, 3.8) is 0 Å². The van der Waals surface area contributed by atoms with Gasteiger partial charge in [-0.15, -0.1) is 0 Å². The summed E-state index contributed by atoms with van der Waals surface area (Å²) in [4.78, 5) is 0.0523. The van der Waals surface area contributed by atoms with Crippen LogP contribution in [0.4, 0.5) is 0 Å². The fourth-order valence-corrected chi connectivity index (χ4v) is 4.53. The molecule has 0 bridgehead atoms. The predicted octanol–water partition coefficient (Wildman–Crippen LogP) is 1.57. The van der Waals surface area contributed by atoms with Gasteiger partial charge in [-0.25, -0.2) is 8.42 Å². The maximum absolute atomic E-state index is 13.2. The lowest BCUT2D eigenvalue weighted by Crippen LogP contribution is -2.36. The van der Waals surface area contributed by atoms with E-state index in [0.717, 1.165) is 9.87 Å². The van der Waals surface area contributed by atoms with Crippen molar-refractivity contribution in [3.8, 4) is 11.3 Å². The second-order valence-electron chi connectivity index (χ2n) is 6.24. The van der Waals surface area contributed by atoms with Gasteiger partial charge in [-0.1, -0.05) is 60.7 Å². The zero-order valence-corrected chi connectivity index (χ0v) is 16.2. The molecule has 7 nitrogen and oxygen atoms in total. The lowest BCUT2D eigenvalue weighted by Gasteiger charge is -2.20. The zero-order valence-electron chi connectivity index (χ0n) is 15.3. The van der Waals surface area contributed by atoms with E-state index in [-0.39, 0.29) is 31.2 Å². The van der Waals surface area contributed by atoms with Crippen molar-refractivity contribution < 1.29 is 18.6 Å². The number of aliphatic hydroxyl groups excluding tert-OH is 2. The van der Waals surface area contributed by atoms with E-state index < -0.39 is 10.0 Å². The zero-order chi connectivity index (χ0) is 20.0. The molecule has 148 valence electrons. The summed E-state index contributed by atoms with van der Waals surface area (Å²) in [6, 6.07) is 18.7. The standard InChI is InChI=1S/C20H23N3O4S/c24-13-11-23(12-14-25)28(26,27)19-16-22(15-17-7-3-1-4-8-17)21-20(19)18-9-5-2-6-10-18/h1-10,16,24-25H,11-15H2. The Morgan fingerprint density at radius 3 is 2.04 bits per heavy atom. The van der Waals surface area contributed by atoms with Crippen molar-refractivity contribution in [2.75, 3.05) is 26.3 Å². The molecule has 3 aromatic rings. The molecular formula is C20H23N3O4S. The molecule has 0 amide bonds. The van der Waals surface area contributed by atoms with E-state index in [2.05, 4.69) is 5.10 Å². The van der Waals surface area contributed by atoms with Gasteiger partial charge in [0.25, 0.3) is 0 Å². The van der Waals surface area contributed by atoms with Gasteiger partial charge in [0, 0.05) is 24.8 Å². The van der Waals surface area contributed by atoms with Crippen LogP contribution in [0.3, 0.4) is 0 Å². The van der Waals surface area contributed by atoms with Gasteiger partial charge >= 0.3 is 0 Å². The predicted molar refractivity (Wildman–Crippen MR) is 106 cm³/mol. The summed E-state index contributed by atoms with van der Waals surface area (Å²) in [5.74, 6) is 0. The highest BCUT2D eigenvalue weighted by Gasteiger charge is 2.29. The van der Waals surface area contributed by atoms with Crippen molar-refractivity contribution in [2.24, 2.45) is 0 Å². The number of sulfonamides is 1. The van der Waals surface area contributed by atoms with Gasteiger partial charge in [0.1, 0.15) is 10.6 Å². The number of aliphatic hydroxyl groups is 2. The number of hydrogen-bond acceptors (Lipinski definition) is 5. The monoisotopic (exact) mass is 401 g/mol. The molecule has 0 radical (unpaired) electrons. The summed E-state index contributed by atoms with van der Waals surface area (Å²) in [5, 5.41) is 23.0. The molecule has 0 aliphatic carbocycles. The fourth-order valence-electron chi connectivity index (χ4n) is 2.95. The first kappa shape index (κ1) is 20.2. The summed E-state index contributed by atoms with van der Waals surface area (Å²) in [7, 11) is -3.95. The summed E-state index contributed by atoms with van der Waals surface area (Å²) >= 11 is 0. The quantitative estimate of drug-likeness (QED) is 0.568. The number of rotatable bonds is 9. The van der Waals surface area contributed by atoms with Gasteiger partial charge in [0.15, 0.2) is 0 Å². The third kappa shape index (κ3) is 4.48. The maximum atomic E-state index is 13.2. The summed E-state index contributed by atoms with van der Waals surface area (Å²) < 4.78 is 29.1. The molecule has 0 saturated heterocycles. The summed E-state index contributed by atoms with van der Waals surface area (Å²) in [6.07, 6.45) is 1.51. The van der Waals surface area contributed by atoms with Gasteiger partial charge in [-0.05, 0) is 5.56 Å². The van der Waals surface area contributed by atoms with Crippen molar-refractivity contribution >= 4 is 10.0 Å². The Hall–Kier alpha value is -2.52. The summed E-state index contributed by atoms with van der Waals surface area (Å²) in [6.45, 7) is -0.436. The van der Waals surface area contributed by atoms with E-state index in [9.17, 15) is 18.6 Å². The van der Waals surface area contributed by atoms with Gasteiger partial charge in [-0.3, -0.25) is 4.68 Å². The third-order valence-corrected chi connectivity index (χ3v) is 6.18. The average molecular weight is 401 g/mol. The minimum Gasteiger partial charge on any atom is -0.395 e. The highest BCUT2D eigenvalue weighted by molar-refractivity contribution is 7.89. The first-order valence-electron chi connectivity index (χ1n) is 8.95. The van der Waals surface area contributed by atoms with E-state index in [1.54, 1.807) is 16.8 Å². The highest BCUT2D eigenvalue weighted by Crippen LogP contribution is 2.28. The Labute approximate surface area is 164 Å². The second-order valence-corrected chi connectivity index (χ2v) is 8.15. The molecule has 0 unspecified atom stereocenters. The number of hydrogen-bond donors (Lipinski definition) is 2. The van der Waals surface area contributed by atoms with Gasteiger partial charge in [0.2, 0.25) is 10.0 Å². The van der Waals surface area contributed by atoms with Crippen molar-refractivity contribution in [1.82, 2.24) is 14.1 Å². The molecule has 0 atom stereocenters. The molecule has 0 saturated carbocycles. The Bertz CT molecular complexity index is 983. The van der Waals surface area contributed by atoms with E-state index in [1.165, 1.54) is 6.20 Å². The molecule has 1 heterocycles. The number of benzene rings is 2. The van der Waals surface area contributed by atoms with Crippen LogP contribution in [0, 0.1) is 0 Å². The van der Waals surface area contributed by atoms with Crippen molar-refractivity contribution in [3.05, 3.63) is 72.4 Å². The second kappa shape index (κ2) is 9.11. The van der Waals surface area contributed by atoms with Crippen LogP contribution < -0.4 is 0 Å². The fraction of sp³-hybridized carbons (Fsp3) is 0.250. The molecule has 2 N–H and O–H groups in total. The first-order valence-corrected chi connectivity index (χ1v) is 10.4. The normalized spacial score (nSPS) is 11.8. The lowest BCUT2D eigenvalue weighted by atomic mass is 10.2. The van der Waals surface area contributed by atoms with E-state index in [0.29, 0.717) is 17.8 Å². The maximum Gasteiger partial charge on any atom is 0.246 e. The van der Waals surface area contributed by atoms with Crippen LogP contribution in [0.25, 0.3) is 11.3 Å². The van der Waals surface area contributed by atoms with Gasteiger partial charge in [-0.2, -0.15) is 9.40 Å². The smallest absolute Gasteiger partial charge is 0.246 e. The first-order chi connectivity index (χ1) is 13.6. The Balaban J connectivity index is 2.07. The third-order valence-electron chi connectivity index (χ3n) is 4.28. The van der Waals surface area contributed by atoms with Crippen LogP contribution in [0.5, 0.6) is 0 Å². The van der Waals surface area contributed by atoms with Crippen LogP contribution in [0.1, 0.15) is 5.56 Å². The molecule has 2 aromatic carbocycles. The Kier molecular flexibility index (Phi) is 6.58. The average Bonchev–Trinajstić information content (AvgIpc) is 3.14. The lowest BCUT2D eigenvalue weighted by molar-refractivity contribution is 0.217. The number of aromatic nitrogens is 2. The number of nitrogens with zero attached hydrogens (tertiary/aromatic N) is 3. The van der Waals surface area contributed by atoms with Crippen LogP contribution in [-0.2, 0) is 16.6 Å². The molecule has 28 heavy (non-hydrogen) atoms. The van der Waals surface area contributed by atoms with Gasteiger partial charge in [0.05, 0.1) is 19.8 Å². The van der Waals surface area contributed by atoms with Gasteiger partial charge < -0.3 is 10.2 Å². The Morgan fingerprint density at radius 1 is 0.893 bits per heavy atom. The molecule has 1 aromatic heterocycles. The van der Waals surface area contributed by atoms with E-state index in [1.807, 2.05) is 48.5 Å². The SMILES string of the molecule is O=S(=O)(c1cn(Cc2ccccc2)nc1-c1ccccc1)N(CCO)CCO. The molecule has 0 fully saturated rings. The minimum atomic E-state index is -3.95. The highest BCUT2D eigenvalue weighted by atomic mass is 32.2. The topological polar surface area (TPSA) is 95.7 Å². The van der Waals surface area contributed by atoms with Crippen molar-refractivity contribution in [1.29, 1.82) is 0 Å². The molecule has 0 spiro atoms. The van der Waals surface area contributed by atoms with Crippen LogP contribution in [0.15, 0.2) is 71.8 Å². The molecule has 8 heteroatoms. The molecule has 0 aliphatic heterocycles. The van der Waals surface area contributed by atoms with E-state index >= 15 is 0 Å². The van der Waals surface area contributed by atoms with Crippen molar-refractivity contribution in [2.45, 2.75) is 11.4 Å². The minimum absolute atomic E-state index is 0.0523. The Morgan fingerprint density at radius 2 is 1.46 bits per heavy atom. The molecular weight excluding hydrogens is 378 g/mol.